The summed E-state index contributed by atoms with van der Waals surface area (Å²) in [7, 11) is 1.35. The number of methoxy groups -OCH3 is 1. The Labute approximate surface area is 197 Å². The molecule has 3 rings (SSSR count). The zero-order chi connectivity index (χ0) is 24.8. The largest absolute Gasteiger partial charge is 0.481 e. The lowest BCUT2D eigenvalue weighted by atomic mass is 9.97. The van der Waals surface area contributed by atoms with E-state index < -0.39 is 18.5 Å². The Balaban J connectivity index is 1.96. The van der Waals surface area contributed by atoms with Crippen LogP contribution in [-0.4, -0.2) is 54.7 Å². The van der Waals surface area contributed by atoms with Crippen LogP contribution in [0.25, 0.3) is 0 Å². The second-order valence-corrected chi connectivity index (χ2v) is 8.34. The Morgan fingerprint density at radius 1 is 1.15 bits per heavy atom. The number of para-hydroxylation sites is 1. The number of rotatable bonds is 7. The number of carbonyl (C=O) groups excluding carboxylic acids is 2. The van der Waals surface area contributed by atoms with Crippen molar-refractivity contribution >= 4 is 23.3 Å². The van der Waals surface area contributed by atoms with Crippen molar-refractivity contribution in [1.82, 2.24) is 9.88 Å². The number of carbonyl (C=O) groups is 2. The molecule has 1 saturated heterocycles. The topological polar surface area (TPSA) is 84.0 Å². The van der Waals surface area contributed by atoms with E-state index >= 15 is 0 Å². The van der Waals surface area contributed by atoms with Crippen LogP contribution in [0.4, 0.5) is 25.0 Å². The minimum Gasteiger partial charge on any atom is -0.481 e. The standard InChI is InChI=1S/C24H30F2N4O4/c1-15(2)18-7-5-6-8-20(18)30(17-11-13-29(14-12-17)16(3)31)24(32)27-19-9-10-21(33-4)28-22(19)34-23(25)26/h5-10,15,17,23H,11-14H2,1-4H3,(H,27,32). The Morgan fingerprint density at radius 3 is 2.41 bits per heavy atom. The Kier molecular flexibility index (Phi) is 8.25. The van der Waals surface area contributed by atoms with Crippen LogP contribution in [0.1, 0.15) is 45.1 Å². The highest BCUT2D eigenvalue weighted by atomic mass is 19.3. The summed E-state index contributed by atoms with van der Waals surface area (Å²) in [6, 6.07) is 9.77. The van der Waals surface area contributed by atoms with E-state index in [0.717, 1.165) is 11.3 Å². The van der Waals surface area contributed by atoms with Gasteiger partial charge in [0, 0.05) is 37.8 Å². The second-order valence-electron chi connectivity index (χ2n) is 8.34. The molecule has 2 heterocycles. The zero-order valence-electron chi connectivity index (χ0n) is 19.8. The number of hydrogen-bond donors (Lipinski definition) is 1. The number of nitrogens with one attached hydrogen (secondary N) is 1. The summed E-state index contributed by atoms with van der Waals surface area (Å²) in [6.07, 6.45) is 1.17. The molecule has 184 valence electrons. The number of ether oxygens (including phenoxy) is 2. The summed E-state index contributed by atoms with van der Waals surface area (Å²) in [4.78, 5) is 32.7. The molecule has 0 saturated carbocycles. The normalized spacial score (nSPS) is 14.3. The van der Waals surface area contributed by atoms with Crippen molar-refractivity contribution in [2.45, 2.75) is 52.2 Å². The molecule has 1 fully saturated rings. The average molecular weight is 477 g/mol. The number of anilines is 2. The molecule has 0 spiro atoms. The maximum absolute atomic E-state index is 13.6. The van der Waals surface area contributed by atoms with Gasteiger partial charge in [-0.1, -0.05) is 32.0 Å². The fraction of sp³-hybridized carbons (Fsp3) is 0.458. The van der Waals surface area contributed by atoms with Crippen molar-refractivity contribution in [2.24, 2.45) is 0 Å². The van der Waals surface area contributed by atoms with Crippen LogP contribution in [0, 0.1) is 0 Å². The highest BCUT2D eigenvalue weighted by Crippen LogP contribution is 2.33. The summed E-state index contributed by atoms with van der Waals surface area (Å²) in [5.74, 6) is -0.224. The summed E-state index contributed by atoms with van der Waals surface area (Å²) in [5.41, 5.74) is 1.71. The van der Waals surface area contributed by atoms with Gasteiger partial charge in [-0.2, -0.15) is 13.8 Å². The van der Waals surface area contributed by atoms with Gasteiger partial charge >= 0.3 is 12.6 Å². The molecular weight excluding hydrogens is 446 g/mol. The van der Waals surface area contributed by atoms with Gasteiger partial charge < -0.3 is 19.7 Å². The number of amides is 3. The fourth-order valence-corrected chi connectivity index (χ4v) is 4.09. The molecule has 2 aromatic rings. The first-order chi connectivity index (χ1) is 16.2. The lowest BCUT2D eigenvalue weighted by Crippen LogP contribution is -2.50. The third-order valence-electron chi connectivity index (χ3n) is 5.80. The van der Waals surface area contributed by atoms with Crippen LogP contribution < -0.4 is 19.7 Å². The summed E-state index contributed by atoms with van der Waals surface area (Å²) >= 11 is 0. The van der Waals surface area contributed by atoms with E-state index in [1.165, 1.54) is 26.2 Å². The highest BCUT2D eigenvalue weighted by Gasteiger charge is 2.32. The van der Waals surface area contributed by atoms with Crippen molar-refractivity contribution in [3.05, 3.63) is 42.0 Å². The molecule has 0 bridgehead atoms. The maximum atomic E-state index is 13.6. The van der Waals surface area contributed by atoms with Crippen LogP contribution in [0.3, 0.4) is 0 Å². The number of alkyl halides is 2. The Bertz CT molecular complexity index is 1010. The Morgan fingerprint density at radius 2 is 1.82 bits per heavy atom. The van der Waals surface area contributed by atoms with Crippen molar-refractivity contribution in [1.29, 1.82) is 0 Å². The SMILES string of the molecule is COc1ccc(NC(=O)N(c2ccccc2C(C)C)C2CCN(C(C)=O)CC2)c(OC(F)F)n1. The van der Waals surface area contributed by atoms with Gasteiger partial charge in [0.15, 0.2) is 0 Å². The van der Waals surface area contributed by atoms with Crippen LogP contribution >= 0.6 is 0 Å². The number of benzene rings is 1. The molecule has 3 amide bonds. The molecule has 1 N–H and O–H groups in total. The molecule has 0 atom stereocenters. The van der Waals surface area contributed by atoms with Gasteiger partial charge in [-0.15, -0.1) is 0 Å². The predicted octanol–water partition coefficient (Wildman–Crippen LogP) is 4.86. The van der Waals surface area contributed by atoms with Crippen LogP contribution in [0.2, 0.25) is 0 Å². The molecule has 1 aliphatic heterocycles. The second kappa shape index (κ2) is 11.1. The number of aromatic nitrogens is 1. The number of piperidine rings is 1. The number of urea groups is 1. The molecule has 1 aromatic heterocycles. The van der Waals surface area contributed by atoms with Crippen molar-refractivity contribution in [2.75, 3.05) is 30.4 Å². The van der Waals surface area contributed by atoms with E-state index in [-0.39, 0.29) is 29.4 Å². The van der Waals surface area contributed by atoms with Gasteiger partial charge in [0.05, 0.1) is 7.11 Å². The van der Waals surface area contributed by atoms with E-state index in [9.17, 15) is 18.4 Å². The van der Waals surface area contributed by atoms with Gasteiger partial charge in [-0.25, -0.2) is 4.79 Å². The van der Waals surface area contributed by atoms with E-state index in [2.05, 4.69) is 15.0 Å². The quantitative estimate of drug-likeness (QED) is 0.617. The first-order valence-corrected chi connectivity index (χ1v) is 11.2. The van der Waals surface area contributed by atoms with Gasteiger partial charge in [0.1, 0.15) is 5.69 Å². The molecule has 0 aliphatic carbocycles. The predicted molar refractivity (Wildman–Crippen MR) is 125 cm³/mol. The highest BCUT2D eigenvalue weighted by molar-refractivity contribution is 6.03. The zero-order valence-corrected chi connectivity index (χ0v) is 19.8. The van der Waals surface area contributed by atoms with Gasteiger partial charge in [0.25, 0.3) is 0 Å². The van der Waals surface area contributed by atoms with Gasteiger partial charge in [-0.05, 0) is 36.5 Å². The first-order valence-electron chi connectivity index (χ1n) is 11.2. The monoisotopic (exact) mass is 476 g/mol. The van der Waals surface area contributed by atoms with E-state index in [1.807, 2.05) is 38.1 Å². The van der Waals surface area contributed by atoms with Crippen molar-refractivity contribution in [3.63, 3.8) is 0 Å². The van der Waals surface area contributed by atoms with Gasteiger partial charge in [-0.3, -0.25) is 9.69 Å². The average Bonchev–Trinajstić information content (AvgIpc) is 2.80. The lowest BCUT2D eigenvalue weighted by molar-refractivity contribution is -0.129. The molecule has 0 radical (unpaired) electrons. The number of hydrogen-bond acceptors (Lipinski definition) is 5. The first kappa shape index (κ1) is 25.2. The third-order valence-corrected chi connectivity index (χ3v) is 5.80. The molecule has 8 nitrogen and oxygen atoms in total. The van der Waals surface area contributed by atoms with Crippen molar-refractivity contribution in [3.8, 4) is 11.8 Å². The molecule has 34 heavy (non-hydrogen) atoms. The van der Waals surface area contributed by atoms with E-state index in [0.29, 0.717) is 25.9 Å². The third kappa shape index (κ3) is 5.92. The minimum atomic E-state index is -3.12. The summed E-state index contributed by atoms with van der Waals surface area (Å²) < 4.78 is 35.5. The number of halogens is 2. The summed E-state index contributed by atoms with van der Waals surface area (Å²) in [5, 5.41) is 2.69. The van der Waals surface area contributed by atoms with Crippen LogP contribution in [0.5, 0.6) is 11.8 Å². The minimum absolute atomic E-state index is 0.000648. The fourth-order valence-electron chi connectivity index (χ4n) is 4.09. The van der Waals surface area contributed by atoms with Crippen LogP contribution in [-0.2, 0) is 4.79 Å². The molecular formula is C24H30F2N4O4. The number of nitrogens with zero attached hydrogens (tertiary/aromatic N) is 3. The van der Waals surface area contributed by atoms with E-state index in [4.69, 9.17) is 4.74 Å². The summed E-state index contributed by atoms with van der Waals surface area (Å²) in [6.45, 7) is 3.53. The maximum Gasteiger partial charge on any atom is 0.388 e. The smallest absolute Gasteiger partial charge is 0.388 e. The van der Waals surface area contributed by atoms with Gasteiger partial charge in [0.2, 0.25) is 17.7 Å². The number of pyridine rings is 1. The molecule has 1 aliphatic rings. The van der Waals surface area contributed by atoms with Crippen LogP contribution in [0.15, 0.2) is 36.4 Å². The van der Waals surface area contributed by atoms with Crippen molar-refractivity contribution < 1.29 is 27.8 Å². The molecule has 1 aromatic carbocycles. The van der Waals surface area contributed by atoms with E-state index in [1.54, 1.807) is 9.80 Å². The lowest BCUT2D eigenvalue weighted by Gasteiger charge is -2.39. The molecule has 10 heteroatoms. The molecule has 0 unspecified atom stereocenters. The Hall–Kier alpha value is -3.43. The number of likely N-dealkylation sites (tertiary alicyclic amines) is 1.